The van der Waals surface area contributed by atoms with Gasteiger partial charge in [-0.2, -0.15) is 0 Å². The number of hydrogen-bond acceptors (Lipinski definition) is 1. The summed E-state index contributed by atoms with van der Waals surface area (Å²) >= 11 is 0. The van der Waals surface area contributed by atoms with E-state index < -0.39 is 0 Å². The normalized spacial score (nSPS) is 51.0. The van der Waals surface area contributed by atoms with Crippen molar-refractivity contribution >= 4 is 0 Å². The van der Waals surface area contributed by atoms with Crippen molar-refractivity contribution in [1.29, 1.82) is 0 Å². The van der Waals surface area contributed by atoms with E-state index in [2.05, 4.69) is 0 Å². The Morgan fingerprint density at radius 3 is 1.71 bits per heavy atom. The van der Waals surface area contributed by atoms with Gasteiger partial charge in [0.25, 0.3) is 0 Å². The number of methoxy groups -OCH3 is 1. The van der Waals surface area contributed by atoms with Crippen LogP contribution in [0.2, 0.25) is 0 Å². The van der Waals surface area contributed by atoms with Crippen LogP contribution >= 0.6 is 0 Å². The van der Waals surface area contributed by atoms with Gasteiger partial charge in [0.15, 0.2) is 0 Å². The molecule has 1 nitrogen and oxygen atoms in total. The van der Waals surface area contributed by atoms with Crippen LogP contribution in [-0.2, 0) is 4.74 Å². The van der Waals surface area contributed by atoms with E-state index in [1.807, 2.05) is 7.11 Å². The lowest BCUT2D eigenvalue weighted by Gasteiger charge is -2.62. The Kier molecular flexibility index (Phi) is 2.23. The first kappa shape index (κ1) is 10.8. The van der Waals surface area contributed by atoms with Crippen LogP contribution < -0.4 is 0 Å². The molecule has 5 rings (SSSR count). The Hall–Kier alpha value is -0.0400. The summed E-state index contributed by atoms with van der Waals surface area (Å²) in [5.41, 5.74) is 0.899. The molecule has 0 aromatic rings. The fraction of sp³-hybridized carbons (Fsp3) is 1.00. The van der Waals surface area contributed by atoms with E-state index in [1.165, 1.54) is 44.9 Å². The Morgan fingerprint density at radius 1 is 0.824 bits per heavy atom. The molecule has 0 aromatic heterocycles. The maximum Gasteiger partial charge on any atom is 0.0735 e. The van der Waals surface area contributed by atoms with Crippen molar-refractivity contribution in [3.63, 3.8) is 0 Å². The summed E-state index contributed by atoms with van der Waals surface area (Å²) in [5.74, 6) is 3.19. The van der Waals surface area contributed by atoms with Crippen molar-refractivity contribution in [1.82, 2.24) is 0 Å². The third-order valence-corrected chi connectivity index (χ3v) is 6.81. The molecule has 4 bridgehead atoms. The summed E-state index contributed by atoms with van der Waals surface area (Å²) in [6, 6.07) is 0. The average Bonchev–Trinajstić information content (AvgIpc) is 2.77. The monoisotopic (exact) mass is 234 g/mol. The summed E-state index contributed by atoms with van der Waals surface area (Å²) in [6.07, 6.45) is 14.7. The maximum atomic E-state index is 6.18. The molecular formula is C16H26O. The van der Waals surface area contributed by atoms with Gasteiger partial charge in [-0.25, -0.2) is 0 Å². The van der Waals surface area contributed by atoms with Crippen molar-refractivity contribution in [2.24, 2.45) is 23.2 Å². The minimum Gasteiger partial charge on any atom is -0.378 e. The molecule has 5 aliphatic carbocycles. The maximum absolute atomic E-state index is 6.18. The van der Waals surface area contributed by atoms with Crippen molar-refractivity contribution in [2.45, 2.75) is 69.8 Å². The van der Waals surface area contributed by atoms with Crippen LogP contribution in [0.1, 0.15) is 64.2 Å². The van der Waals surface area contributed by atoms with Crippen molar-refractivity contribution in [2.75, 3.05) is 7.11 Å². The number of ether oxygens (including phenoxy) is 1. The van der Waals surface area contributed by atoms with Crippen LogP contribution in [0.3, 0.4) is 0 Å². The van der Waals surface area contributed by atoms with Gasteiger partial charge in [0.1, 0.15) is 0 Å². The zero-order valence-corrected chi connectivity index (χ0v) is 11.2. The van der Waals surface area contributed by atoms with E-state index in [0.29, 0.717) is 11.0 Å². The second-order valence-electron chi connectivity index (χ2n) is 7.60. The fourth-order valence-corrected chi connectivity index (χ4v) is 6.57. The first-order chi connectivity index (χ1) is 8.25. The number of rotatable bonds is 2. The summed E-state index contributed by atoms with van der Waals surface area (Å²) in [5, 5.41) is 0. The Balaban J connectivity index is 1.71. The molecule has 0 aliphatic heterocycles. The highest BCUT2D eigenvalue weighted by Crippen LogP contribution is 2.66. The Labute approximate surface area is 105 Å². The largest absolute Gasteiger partial charge is 0.378 e. The molecule has 5 aliphatic rings. The van der Waals surface area contributed by atoms with Crippen LogP contribution in [0.4, 0.5) is 0 Å². The zero-order chi connectivity index (χ0) is 11.5. The van der Waals surface area contributed by atoms with Gasteiger partial charge >= 0.3 is 0 Å². The van der Waals surface area contributed by atoms with Crippen LogP contribution in [-0.4, -0.2) is 12.7 Å². The standard InChI is InChI=1S/C16H26O/c1-17-16(4-2-3-5-16)15-9-12-6-13(10-15)8-14(7-12)11-15/h12-14H,2-11H2,1H3. The molecule has 0 saturated heterocycles. The average molecular weight is 234 g/mol. The molecule has 5 saturated carbocycles. The second kappa shape index (κ2) is 3.50. The van der Waals surface area contributed by atoms with Gasteiger partial charge in [-0.05, 0) is 69.1 Å². The van der Waals surface area contributed by atoms with Crippen LogP contribution in [0.5, 0.6) is 0 Å². The lowest BCUT2D eigenvalue weighted by molar-refractivity contribution is -0.190. The molecule has 5 fully saturated rings. The Bertz CT molecular complexity index is 278. The van der Waals surface area contributed by atoms with Crippen molar-refractivity contribution in [3.8, 4) is 0 Å². The van der Waals surface area contributed by atoms with Gasteiger partial charge in [-0.15, -0.1) is 0 Å². The molecule has 0 radical (unpaired) electrons. The van der Waals surface area contributed by atoms with Crippen LogP contribution in [0.25, 0.3) is 0 Å². The summed E-state index contributed by atoms with van der Waals surface area (Å²) in [4.78, 5) is 0. The van der Waals surface area contributed by atoms with E-state index in [9.17, 15) is 0 Å². The SMILES string of the molecule is COC1(C23CC4CC(CC(C4)C2)C3)CCCC1. The molecule has 0 N–H and O–H groups in total. The van der Waals surface area contributed by atoms with Gasteiger partial charge in [0, 0.05) is 12.5 Å². The van der Waals surface area contributed by atoms with E-state index in [1.54, 1.807) is 19.3 Å². The van der Waals surface area contributed by atoms with E-state index in [-0.39, 0.29) is 0 Å². The highest BCUT2D eigenvalue weighted by atomic mass is 16.5. The van der Waals surface area contributed by atoms with E-state index in [0.717, 1.165) is 17.8 Å². The molecule has 0 amide bonds. The highest BCUT2D eigenvalue weighted by molar-refractivity contribution is 5.11. The molecule has 0 atom stereocenters. The second-order valence-corrected chi connectivity index (χ2v) is 7.60. The fourth-order valence-electron chi connectivity index (χ4n) is 6.57. The molecule has 0 spiro atoms. The van der Waals surface area contributed by atoms with Crippen LogP contribution in [0, 0.1) is 23.2 Å². The molecule has 0 aromatic carbocycles. The molecule has 0 unspecified atom stereocenters. The highest BCUT2D eigenvalue weighted by Gasteiger charge is 2.61. The predicted molar refractivity (Wildman–Crippen MR) is 68.8 cm³/mol. The van der Waals surface area contributed by atoms with Crippen molar-refractivity contribution < 1.29 is 4.74 Å². The topological polar surface area (TPSA) is 9.23 Å². The third kappa shape index (κ3) is 1.35. The minimum atomic E-state index is 0.295. The van der Waals surface area contributed by atoms with Gasteiger partial charge in [0.2, 0.25) is 0 Å². The summed E-state index contributed by atoms with van der Waals surface area (Å²) < 4.78 is 6.18. The molecule has 96 valence electrons. The zero-order valence-electron chi connectivity index (χ0n) is 11.2. The smallest absolute Gasteiger partial charge is 0.0735 e. The van der Waals surface area contributed by atoms with Gasteiger partial charge in [-0.1, -0.05) is 12.8 Å². The summed E-state index contributed by atoms with van der Waals surface area (Å²) in [7, 11) is 2.00. The van der Waals surface area contributed by atoms with Crippen molar-refractivity contribution in [3.05, 3.63) is 0 Å². The van der Waals surface area contributed by atoms with Gasteiger partial charge < -0.3 is 4.74 Å². The van der Waals surface area contributed by atoms with Gasteiger partial charge in [-0.3, -0.25) is 0 Å². The first-order valence-electron chi connectivity index (χ1n) is 7.80. The first-order valence-corrected chi connectivity index (χ1v) is 7.80. The molecular weight excluding hydrogens is 208 g/mol. The lowest BCUT2D eigenvalue weighted by Crippen LogP contribution is -2.58. The van der Waals surface area contributed by atoms with E-state index >= 15 is 0 Å². The summed E-state index contributed by atoms with van der Waals surface area (Å²) in [6.45, 7) is 0. The van der Waals surface area contributed by atoms with Gasteiger partial charge in [0.05, 0.1) is 5.60 Å². The molecule has 17 heavy (non-hydrogen) atoms. The lowest BCUT2D eigenvalue weighted by atomic mass is 9.45. The quantitative estimate of drug-likeness (QED) is 0.697. The third-order valence-electron chi connectivity index (χ3n) is 6.81. The van der Waals surface area contributed by atoms with E-state index in [4.69, 9.17) is 4.74 Å². The van der Waals surface area contributed by atoms with Crippen LogP contribution in [0.15, 0.2) is 0 Å². The minimum absolute atomic E-state index is 0.295. The molecule has 0 heterocycles. The Morgan fingerprint density at radius 2 is 1.29 bits per heavy atom. The number of hydrogen-bond donors (Lipinski definition) is 0. The predicted octanol–water partition coefficient (Wildman–Crippen LogP) is 4.16. The molecule has 1 heteroatoms.